The van der Waals surface area contributed by atoms with Crippen molar-refractivity contribution in [2.24, 2.45) is 11.7 Å². The molecule has 1 aliphatic heterocycles. The Morgan fingerprint density at radius 3 is 2.94 bits per heavy atom. The first-order chi connectivity index (χ1) is 8.06. The number of nitrogens with zero attached hydrogens (tertiary/aromatic N) is 2. The van der Waals surface area contributed by atoms with Crippen LogP contribution in [0.2, 0.25) is 5.15 Å². The number of carbonyl (C=O) groups is 1. The van der Waals surface area contributed by atoms with Crippen LogP contribution in [-0.4, -0.2) is 24.0 Å². The second-order valence-corrected chi connectivity index (χ2v) is 4.66. The number of piperidine rings is 1. The van der Waals surface area contributed by atoms with Crippen molar-refractivity contribution in [3.63, 3.8) is 0 Å². The number of nitrogens with two attached hydrogens (primary N) is 2. The summed E-state index contributed by atoms with van der Waals surface area (Å²) in [4.78, 5) is 17.4. The molecule has 1 aromatic heterocycles. The molecule has 1 aliphatic rings. The minimum atomic E-state index is -0.260. The monoisotopic (exact) mass is 254 g/mol. The van der Waals surface area contributed by atoms with Gasteiger partial charge in [0.05, 0.1) is 5.92 Å². The van der Waals surface area contributed by atoms with E-state index in [1.54, 1.807) is 12.1 Å². The van der Waals surface area contributed by atoms with E-state index < -0.39 is 0 Å². The molecule has 0 saturated carbocycles. The van der Waals surface area contributed by atoms with Crippen molar-refractivity contribution in [1.29, 1.82) is 0 Å². The molecular weight excluding hydrogens is 240 g/mol. The van der Waals surface area contributed by atoms with Crippen LogP contribution >= 0.6 is 11.6 Å². The molecule has 1 unspecified atom stereocenters. The summed E-state index contributed by atoms with van der Waals surface area (Å²) in [5, 5.41) is 0.362. The van der Waals surface area contributed by atoms with Crippen molar-refractivity contribution in [2.75, 3.05) is 23.7 Å². The molecule has 1 saturated heterocycles. The van der Waals surface area contributed by atoms with E-state index in [1.807, 2.05) is 4.90 Å². The lowest BCUT2D eigenvalue weighted by Crippen LogP contribution is -2.41. The molecule has 0 bridgehead atoms. The molecule has 0 radical (unpaired) electrons. The van der Waals surface area contributed by atoms with Crippen LogP contribution in [0.4, 0.5) is 11.5 Å². The van der Waals surface area contributed by atoms with Crippen molar-refractivity contribution >= 4 is 29.0 Å². The lowest BCUT2D eigenvalue weighted by atomic mass is 9.97. The standard InChI is InChI=1S/C11H15ClN4O/c12-9-4-8(13)5-10(15-9)16-3-1-2-7(6-16)11(14)17/h4-5,7H,1-3,6H2,(H2,13,15)(H2,14,17). The molecule has 1 aromatic rings. The number of halogens is 1. The maximum absolute atomic E-state index is 11.2. The van der Waals surface area contributed by atoms with Gasteiger partial charge >= 0.3 is 0 Å². The zero-order chi connectivity index (χ0) is 12.4. The van der Waals surface area contributed by atoms with Gasteiger partial charge in [0.2, 0.25) is 5.91 Å². The zero-order valence-corrected chi connectivity index (χ0v) is 10.2. The normalized spacial score (nSPS) is 20.3. The second-order valence-electron chi connectivity index (χ2n) is 4.27. The molecule has 0 aliphatic carbocycles. The topological polar surface area (TPSA) is 85.2 Å². The smallest absolute Gasteiger partial charge is 0.222 e. The van der Waals surface area contributed by atoms with Gasteiger partial charge in [-0.1, -0.05) is 11.6 Å². The lowest BCUT2D eigenvalue weighted by Gasteiger charge is -2.32. The summed E-state index contributed by atoms with van der Waals surface area (Å²) in [6.45, 7) is 1.43. The minimum absolute atomic E-state index is 0.120. The summed E-state index contributed by atoms with van der Waals surface area (Å²) in [6.07, 6.45) is 1.75. The van der Waals surface area contributed by atoms with Gasteiger partial charge in [0.15, 0.2) is 0 Å². The summed E-state index contributed by atoms with van der Waals surface area (Å²) in [5.74, 6) is 0.330. The molecule has 1 fully saturated rings. The van der Waals surface area contributed by atoms with Gasteiger partial charge in [-0.2, -0.15) is 0 Å². The molecule has 6 heteroatoms. The largest absolute Gasteiger partial charge is 0.399 e. The number of pyridine rings is 1. The Hall–Kier alpha value is -1.49. The molecule has 92 valence electrons. The van der Waals surface area contributed by atoms with Gasteiger partial charge in [0, 0.05) is 24.8 Å². The fourth-order valence-electron chi connectivity index (χ4n) is 2.08. The predicted molar refractivity (Wildman–Crippen MR) is 67.8 cm³/mol. The Balaban J connectivity index is 2.18. The van der Waals surface area contributed by atoms with Crippen molar-refractivity contribution < 1.29 is 4.79 Å². The number of nitrogen functional groups attached to an aromatic ring is 1. The molecule has 1 amide bonds. The van der Waals surface area contributed by atoms with Gasteiger partial charge in [-0.05, 0) is 18.9 Å². The number of amides is 1. The maximum atomic E-state index is 11.2. The fourth-order valence-corrected chi connectivity index (χ4v) is 2.29. The molecule has 4 N–H and O–H groups in total. The number of hydrogen-bond donors (Lipinski definition) is 2. The van der Waals surface area contributed by atoms with Gasteiger partial charge in [-0.15, -0.1) is 0 Å². The minimum Gasteiger partial charge on any atom is -0.399 e. The van der Waals surface area contributed by atoms with Gasteiger partial charge in [0.1, 0.15) is 11.0 Å². The molecule has 1 atom stereocenters. The van der Waals surface area contributed by atoms with Crippen molar-refractivity contribution in [2.45, 2.75) is 12.8 Å². The predicted octanol–water partition coefficient (Wildman–Crippen LogP) is 1.02. The van der Waals surface area contributed by atoms with Crippen molar-refractivity contribution in [3.8, 4) is 0 Å². The summed E-state index contributed by atoms with van der Waals surface area (Å²) in [5.41, 5.74) is 11.6. The lowest BCUT2D eigenvalue weighted by molar-refractivity contribution is -0.122. The third-order valence-corrected chi connectivity index (χ3v) is 3.14. The zero-order valence-electron chi connectivity index (χ0n) is 9.40. The third-order valence-electron chi connectivity index (χ3n) is 2.95. The first kappa shape index (κ1) is 12.0. The molecule has 17 heavy (non-hydrogen) atoms. The molecule has 2 rings (SSSR count). The molecule has 2 heterocycles. The van der Waals surface area contributed by atoms with Crippen molar-refractivity contribution in [3.05, 3.63) is 17.3 Å². The first-order valence-electron chi connectivity index (χ1n) is 5.53. The highest BCUT2D eigenvalue weighted by Crippen LogP contribution is 2.24. The quantitative estimate of drug-likeness (QED) is 0.772. The van der Waals surface area contributed by atoms with Crippen LogP contribution in [0.15, 0.2) is 12.1 Å². The second kappa shape index (κ2) is 4.79. The summed E-state index contributed by atoms with van der Waals surface area (Å²) < 4.78 is 0. The Bertz CT molecular complexity index is 417. The van der Waals surface area contributed by atoms with E-state index in [9.17, 15) is 4.79 Å². The number of primary amides is 1. The van der Waals surface area contributed by atoms with E-state index in [-0.39, 0.29) is 11.8 Å². The Labute approximate surface area is 105 Å². The molecule has 5 nitrogen and oxygen atoms in total. The number of aromatic nitrogens is 1. The van der Waals surface area contributed by atoms with Crippen LogP contribution in [0.25, 0.3) is 0 Å². The average Bonchev–Trinajstić information content (AvgIpc) is 2.28. The van der Waals surface area contributed by atoms with Gasteiger partial charge < -0.3 is 16.4 Å². The molecular formula is C11H15ClN4O. The van der Waals surface area contributed by atoms with E-state index in [0.29, 0.717) is 23.2 Å². The number of anilines is 2. The van der Waals surface area contributed by atoms with E-state index in [1.165, 1.54) is 0 Å². The van der Waals surface area contributed by atoms with Gasteiger partial charge in [-0.25, -0.2) is 4.98 Å². The maximum Gasteiger partial charge on any atom is 0.222 e. The van der Waals surface area contributed by atoms with Crippen LogP contribution in [0, 0.1) is 5.92 Å². The third kappa shape index (κ3) is 2.79. The van der Waals surface area contributed by atoms with E-state index >= 15 is 0 Å². The summed E-state index contributed by atoms with van der Waals surface area (Å²) in [7, 11) is 0. The first-order valence-corrected chi connectivity index (χ1v) is 5.91. The van der Waals surface area contributed by atoms with Crippen LogP contribution in [0.3, 0.4) is 0 Å². The average molecular weight is 255 g/mol. The highest BCUT2D eigenvalue weighted by Gasteiger charge is 2.24. The Morgan fingerprint density at radius 2 is 2.29 bits per heavy atom. The number of carbonyl (C=O) groups excluding carboxylic acids is 1. The van der Waals surface area contributed by atoms with E-state index in [0.717, 1.165) is 19.4 Å². The molecule has 0 spiro atoms. The SMILES string of the molecule is NC(=O)C1CCCN(c2cc(N)cc(Cl)n2)C1. The number of rotatable bonds is 2. The van der Waals surface area contributed by atoms with E-state index in [4.69, 9.17) is 23.1 Å². The Morgan fingerprint density at radius 1 is 1.53 bits per heavy atom. The summed E-state index contributed by atoms with van der Waals surface area (Å²) >= 11 is 5.86. The van der Waals surface area contributed by atoms with Crippen LogP contribution < -0.4 is 16.4 Å². The fraction of sp³-hybridized carbons (Fsp3) is 0.455. The van der Waals surface area contributed by atoms with Gasteiger partial charge in [-0.3, -0.25) is 4.79 Å². The van der Waals surface area contributed by atoms with E-state index in [2.05, 4.69) is 4.98 Å². The number of hydrogen-bond acceptors (Lipinski definition) is 4. The van der Waals surface area contributed by atoms with Crippen LogP contribution in [-0.2, 0) is 4.79 Å². The summed E-state index contributed by atoms with van der Waals surface area (Å²) in [6, 6.07) is 3.36. The highest BCUT2D eigenvalue weighted by atomic mass is 35.5. The molecule has 0 aromatic carbocycles. The van der Waals surface area contributed by atoms with Gasteiger partial charge in [0.25, 0.3) is 0 Å². The van der Waals surface area contributed by atoms with Crippen LogP contribution in [0.5, 0.6) is 0 Å². The van der Waals surface area contributed by atoms with Crippen LogP contribution in [0.1, 0.15) is 12.8 Å². The Kier molecular flexibility index (Phi) is 3.38. The highest BCUT2D eigenvalue weighted by molar-refractivity contribution is 6.29. The van der Waals surface area contributed by atoms with Crippen molar-refractivity contribution in [1.82, 2.24) is 4.98 Å².